The molecule has 1 fully saturated rings. The summed E-state index contributed by atoms with van der Waals surface area (Å²) >= 11 is 0. The molecule has 1 aromatic heterocycles. The molecule has 3 nitrogen and oxygen atoms in total. The Hall–Kier alpha value is -0.990. The van der Waals surface area contributed by atoms with E-state index in [4.69, 9.17) is 0 Å². The molecule has 2 aliphatic carbocycles. The smallest absolute Gasteiger partial charge is 0.151 e. The van der Waals surface area contributed by atoms with Gasteiger partial charge < -0.3 is 5.32 Å². The molecular weight excluding hydrogens is 210 g/mol. The SMILES string of the molecule is CC1CCC(C(C)C)c2[nH]nc(NC3CC3)c21. The summed E-state index contributed by atoms with van der Waals surface area (Å²) in [6.45, 7) is 6.97. The highest BCUT2D eigenvalue weighted by atomic mass is 15.2. The summed E-state index contributed by atoms with van der Waals surface area (Å²) in [6, 6.07) is 0.689. The van der Waals surface area contributed by atoms with Gasteiger partial charge >= 0.3 is 0 Å². The van der Waals surface area contributed by atoms with E-state index in [1.54, 1.807) is 0 Å². The molecule has 0 aromatic carbocycles. The van der Waals surface area contributed by atoms with E-state index in [-0.39, 0.29) is 0 Å². The Morgan fingerprint density at radius 3 is 2.65 bits per heavy atom. The average molecular weight is 233 g/mol. The minimum atomic E-state index is 0.653. The van der Waals surface area contributed by atoms with Crippen molar-refractivity contribution in [1.82, 2.24) is 10.2 Å². The number of nitrogens with one attached hydrogen (secondary N) is 2. The van der Waals surface area contributed by atoms with Crippen molar-refractivity contribution < 1.29 is 0 Å². The fraction of sp³-hybridized carbons (Fsp3) is 0.786. The third kappa shape index (κ3) is 1.96. The molecule has 3 heteroatoms. The lowest BCUT2D eigenvalue weighted by Gasteiger charge is -2.29. The van der Waals surface area contributed by atoms with E-state index in [1.165, 1.54) is 36.9 Å². The Bertz CT molecular complexity index is 404. The van der Waals surface area contributed by atoms with Crippen molar-refractivity contribution in [1.29, 1.82) is 0 Å². The van der Waals surface area contributed by atoms with Crippen LogP contribution in [0.25, 0.3) is 0 Å². The Balaban J connectivity index is 1.93. The molecule has 2 atom stereocenters. The topological polar surface area (TPSA) is 40.7 Å². The van der Waals surface area contributed by atoms with Crippen LogP contribution >= 0.6 is 0 Å². The number of fused-ring (bicyclic) bond motifs is 1. The number of aromatic amines is 1. The third-order valence-corrected chi connectivity index (χ3v) is 4.33. The monoisotopic (exact) mass is 233 g/mol. The summed E-state index contributed by atoms with van der Waals surface area (Å²) in [6.07, 6.45) is 5.22. The molecule has 0 saturated heterocycles. The second kappa shape index (κ2) is 4.04. The van der Waals surface area contributed by atoms with E-state index in [2.05, 4.69) is 36.3 Å². The van der Waals surface area contributed by atoms with Gasteiger partial charge in [-0.15, -0.1) is 0 Å². The summed E-state index contributed by atoms with van der Waals surface area (Å²) in [5.74, 6) is 3.17. The summed E-state index contributed by atoms with van der Waals surface area (Å²) in [7, 11) is 0. The van der Waals surface area contributed by atoms with Crippen molar-refractivity contribution in [3.63, 3.8) is 0 Å². The zero-order chi connectivity index (χ0) is 12.0. The van der Waals surface area contributed by atoms with Crippen LogP contribution in [0.2, 0.25) is 0 Å². The highest BCUT2D eigenvalue weighted by Crippen LogP contribution is 2.44. The van der Waals surface area contributed by atoms with Crippen molar-refractivity contribution >= 4 is 5.82 Å². The van der Waals surface area contributed by atoms with Gasteiger partial charge in [0.2, 0.25) is 0 Å². The molecule has 17 heavy (non-hydrogen) atoms. The van der Waals surface area contributed by atoms with Gasteiger partial charge in [0.25, 0.3) is 0 Å². The minimum Gasteiger partial charge on any atom is -0.366 e. The molecule has 94 valence electrons. The molecule has 1 saturated carbocycles. The van der Waals surface area contributed by atoms with Crippen LogP contribution in [0.3, 0.4) is 0 Å². The maximum absolute atomic E-state index is 4.52. The number of nitrogens with zero attached hydrogens (tertiary/aromatic N) is 1. The van der Waals surface area contributed by atoms with Gasteiger partial charge in [-0.3, -0.25) is 5.10 Å². The van der Waals surface area contributed by atoms with Crippen LogP contribution in [0.1, 0.15) is 69.5 Å². The number of hydrogen-bond donors (Lipinski definition) is 2. The first kappa shape index (κ1) is 11.1. The number of hydrogen-bond acceptors (Lipinski definition) is 2. The van der Waals surface area contributed by atoms with Crippen LogP contribution < -0.4 is 5.32 Å². The van der Waals surface area contributed by atoms with Crippen molar-refractivity contribution in [2.75, 3.05) is 5.32 Å². The van der Waals surface area contributed by atoms with Crippen LogP contribution in [0.5, 0.6) is 0 Å². The maximum atomic E-state index is 4.52. The van der Waals surface area contributed by atoms with Crippen molar-refractivity contribution in [3.05, 3.63) is 11.3 Å². The first-order chi connectivity index (χ1) is 8.16. The molecule has 2 unspecified atom stereocenters. The van der Waals surface area contributed by atoms with Crippen molar-refractivity contribution in [2.24, 2.45) is 5.92 Å². The van der Waals surface area contributed by atoms with Crippen LogP contribution in [0, 0.1) is 5.92 Å². The highest BCUT2D eigenvalue weighted by Gasteiger charge is 2.33. The maximum Gasteiger partial charge on any atom is 0.151 e. The lowest BCUT2D eigenvalue weighted by Crippen LogP contribution is -2.17. The number of aromatic nitrogens is 2. The summed E-state index contributed by atoms with van der Waals surface area (Å²) in [4.78, 5) is 0. The minimum absolute atomic E-state index is 0.653. The van der Waals surface area contributed by atoms with Crippen LogP contribution in [0.4, 0.5) is 5.82 Å². The fourth-order valence-electron chi connectivity index (χ4n) is 3.06. The normalized spacial score (nSPS) is 28.2. The van der Waals surface area contributed by atoms with Gasteiger partial charge in [0.1, 0.15) is 0 Å². The lowest BCUT2D eigenvalue weighted by molar-refractivity contribution is 0.403. The quantitative estimate of drug-likeness (QED) is 0.837. The van der Waals surface area contributed by atoms with E-state index >= 15 is 0 Å². The van der Waals surface area contributed by atoms with Crippen molar-refractivity contribution in [2.45, 2.75) is 64.3 Å². The second-order valence-electron chi connectivity index (χ2n) is 6.15. The molecule has 1 heterocycles. The second-order valence-corrected chi connectivity index (χ2v) is 6.15. The van der Waals surface area contributed by atoms with Gasteiger partial charge in [0.05, 0.1) is 0 Å². The number of H-pyrrole nitrogens is 1. The predicted molar refractivity (Wildman–Crippen MR) is 70.5 cm³/mol. The van der Waals surface area contributed by atoms with Gasteiger partial charge in [-0.25, -0.2) is 0 Å². The van der Waals surface area contributed by atoms with E-state index in [1.807, 2.05) is 0 Å². The predicted octanol–water partition coefficient (Wildman–Crippen LogP) is 3.62. The van der Waals surface area contributed by atoms with Gasteiger partial charge in [-0.2, -0.15) is 5.10 Å². The molecule has 0 radical (unpaired) electrons. The van der Waals surface area contributed by atoms with E-state index in [9.17, 15) is 0 Å². The van der Waals surface area contributed by atoms with Gasteiger partial charge in [-0.05, 0) is 37.5 Å². The largest absolute Gasteiger partial charge is 0.366 e. The van der Waals surface area contributed by atoms with E-state index < -0.39 is 0 Å². The summed E-state index contributed by atoms with van der Waals surface area (Å²) in [5.41, 5.74) is 2.88. The molecule has 0 bridgehead atoms. The number of rotatable bonds is 3. The Labute approximate surface area is 103 Å². The summed E-state index contributed by atoms with van der Waals surface area (Å²) in [5, 5.41) is 11.4. The molecule has 3 rings (SSSR count). The first-order valence-corrected chi connectivity index (χ1v) is 7.01. The standard InChI is InChI=1S/C14H23N3/c1-8(2)11-7-4-9(3)12-13(11)16-17-14(12)15-10-5-6-10/h8-11H,4-7H2,1-3H3,(H2,15,16,17). The van der Waals surface area contributed by atoms with Crippen LogP contribution in [-0.2, 0) is 0 Å². The first-order valence-electron chi connectivity index (χ1n) is 7.01. The van der Waals surface area contributed by atoms with Gasteiger partial charge in [0.15, 0.2) is 5.82 Å². The van der Waals surface area contributed by atoms with E-state index in [0.29, 0.717) is 23.8 Å². The third-order valence-electron chi connectivity index (χ3n) is 4.33. The van der Waals surface area contributed by atoms with Crippen LogP contribution in [0.15, 0.2) is 0 Å². The molecule has 1 aromatic rings. The number of anilines is 1. The lowest BCUT2D eigenvalue weighted by atomic mass is 9.76. The van der Waals surface area contributed by atoms with Gasteiger partial charge in [-0.1, -0.05) is 20.8 Å². The molecule has 0 aliphatic heterocycles. The molecule has 2 N–H and O–H groups in total. The molecule has 0 spiro atoms. The Morgan fingerprint density at radius 1 is 1.24 bits per heavy atom. The zero-order valence-electron chi connectivity index (χ0n) is 11.1. The molecule has 0 amide bonds. The summed E-state index contributed by atoms with van der Waals surface area (Å²) < 4.78 is 0. The van der Waals surface area contributed by atoms with E-state index in [0.717, 1.165) is 5.82 Å². The highest BCUT2D eigenvalue weighted by molar-refractivity contribution is 5.52. The van der Waals surface area contributed by atoms with Gasteiger partial charge in [0, 0.05) is 23.2 Å². The average Bonchev–Trinajstić information content (AvgIpc) is 2.98. The Morgan fingerprint density at radius 2 is 2.00 bits per heavy atom. The zero-order valence-corrected chi connectivity index (χ0v) is 11.1. The molecule has 2 aliphatic rings. The Kier molecular flexibility index (Phi) is 2.64. The molecular formula is C14H23N3. The van der Waals surface area contributed by atoms with Crippen molar-refractivity contribution in [3.8, 4) is 0 Å². The fourth-order valence-corrected chi connectivity index (χ4v) is 3.06. The van der Waals surface area contributed by atoms with Crippen LogP contribution in [-0.4, -0.2) is 16.2 Å².